The monoisotopic (exact) mass is 477 g/mol. The van der Waals surface area contributed by atoms with Gasteiger partial charge < -0.3 is 20.1 Å². The molecule has 0 aromatic heterocycles. The Hall–Kier alpha value is -2.93. The fourth-order valence-corrected chi connectivity index (χ4v) is 4.96. The van der Waals surface area contributed by atoms with Crippen LogP contribution in [0, 0.1) is 6.92 Å². The number of carbonyl (C=O) groups excluding carboxylic acids is 1. The number of nitrogens with zero attached hydrogens (tertiary/aromatic N) is 2. The summed E-state index contributed by atoms with van der Waals surface area (Å²) in [4.78, 5) is 20.0. The first-order valence-electron chi connectivity index (χ1n) is 11.6. The first-order chi connectivity index (χ1) is 16.5. The third kappa shape index (κ3) is 4.67. The van der Waals surface area contributed by atoms with Crippen LogP contribution >= 0.6 is 11.6 Å². The molecule has 0 bridgehead atoms. The zero-order valence-corrected chi connectivity index (χ0v) is 19.9. The number of ether oxygens (including phenoxy) is 1. The molecule has 34 heavy (non-hydrogen) atoms. The van der Waals surface area contributed by atoms with E-state index in [9.17, 15) is 9.90 Å². The van der Waals surface area contributed by atoms with Crippen LogP contribution < -0.4 is 10.2 Å². The van der Waals surface area contributed by atoms with Gasteiger partial charge in [0.1, 0.15) is 0 Å². The maximum Gasteiger partial charge on any atom is 0.170 e. The van der Waals surface area contributed by atoms with Gasteiger partial charge in [-0.2, -0.15) is 0 Å². The van der Waals surface area contributed by atoms with Crippen LogP contribution in [0.3, 0.4) is 0 Å². The van der Waals surface area contributed by atoms with Crippen molar-refractivity contribution in [1.29, 1.82) is 0 Å². The number of halogens is 1. The van der Waals surface area contributed by atoms with Gasteiger partial charge in [0.2, 0.25) is 0 Å². The lowest BCUT2D eigenvalue weighted by Crippen LogP contribution is -2.36. The van der Waals surface area contributed by atoms with Crippen LogP contribution in [0.5, 0.6) is 0 Å². The molecule has 0 spiro atoms. The van der Waals surface area contributed by atoms with Crippen molar-refractivity contribution in [1.82, 2.24) is 0 Å². The van der Waals surface area contributed by atoms with E-state index in [1.54, 1.807) is 18.2 Å². The highest BCUT2D eigenvalue weighted by Gasteiger charge is 2.28. The van der Waals surface area contributed by atoms with Crippen LogP contribution in [0.25, 0.3) is 0 Å². The fourth-order valence-electron chi connectivity index (χ4n) is 4.76. The van der Waals surface area contributed by atoms with E-state index >= 15 is 0 Å². The van der Waals surface area contributed by atoms with Crippen molar-refractivity contribution in [3.05, 3.63) is 81.5 Å². The number of hydrogen-bond donors (Lipinski definition) is 2. The summed E-state index contributed by atoms with van der Waals surface area (Å²) < 4.78 is 5.49. The molecule has 0 saturated carbocycles. The predicted octanol–water partition coefficient (Wildman–Crippen LogP) is 4.41. The van der Waals surface area contributed by atoms with Gasteiger partial charge in [-0.05, 0) is 54.0 Å². The molecule has 0 unspecified atom stereocenters. The van der Waals surface area contributed by atoms with Gasteiger partial charge in [0.05, 0.1) is 37.1 Å². The molecule has 0 radical (unpaired) electrons. The van der Waals surface area contributed by atoms with Gasteiger partial charge in [-0.25, -0.2) is 0 Å². The standard InChI is InChI=1S/C27H28ClN3O3/c1-17-12-21(31-8-10-34-11-9-31)14-19-15-23(30-27(17)19)26-22(6-3-7-24(26)32)29-16-25(33)18-4-2-5-20(28)13-18/h2-6,12-14,25,30,33H,7-11,15-16H2,1H3/t25-/m1/s1. The Balaban J connectivity index is 1.42. The van der Waals surface area contributed by atoms with E-state index in [1.807, 2.05) is 18.2 Å². The number of benzene rings is 2. The van der Waals surface area contributed by atoms with Gasteiger partial charge in [-0.1, -0.05) is 29.8 Å². The van der Waals surface area contributed by atoms with Crippen LogP contribution in [0.2, 0.25) is 5.02 Å². The molecule has 1 atom stereocenters. The van der Waals surface area contributed by atoms with Crippen LogP contribution in [-0.2, 0) is 16.0 Å². The van der Waals surface area contributed by atoms with Crippen LogP contribution in [0.4, 0.5) is 11.4 Å². The van der Waals surface area contributed by atoms with Crippen LogP contribution in [0.15, 0.2) is 64.8 Å². The van der Waals surface area contributed by atoms with E-state index in [0.717, 1.165) is 43.3 Å². The molecule has 2 aliphatic heterocycles. The smallest absolute Gasteiger partial charge is 0.170 e. The normalized spacial score (nSPS) is 22.1. The molecule has 7 heteroatoms. The molecule has 1 fully saturated rings. The summed E-state index contributed by atoms with van der Waals surface area (Å²) >= 11 is 6.06. The van der Waals surface area contributed by atoms with Crippen molar-refractivity contribution in [2.24, 2.45) is 4.99 Å². The third-order valence-electron chi connectivity index (χ3n) is 6.51. The molecule has 176 valence electrons. The number of ketones is 1. The number of morpholine rings is 1. The van der Waals surface area contributed by atoms with Crippen molar-refractivity contribution in [3.63, 3.8) is 0 Å². The molecule has 2 aromatic carbocycles. The number of aryl methyl sites for hydroxylation is 1. The zero-order chi connectivity index (χ0) is 23.7. The molecule has 2 N–H and O–H groups in total. The number of anilines is 2. The van der Waals surface area contributed by atoms with Crippen LogP contribution in [-0.4, -0.2) is 49.4 Å². The van der Waals surface area contributed by atoms with E-state index in [4.69, 9.17) is 16.3 Å². The van der Waals surface area contributed by atoms with Crippen molar-refractivity contribution >= 4 is 34.5 Å². The molecule has 2 aromatic rings. The number of fused-ring (bicyclic) bond motifs is 1. The Bertz CT molecular complexity index is 1210. The average molecular weight is 478 g/mol. The van der Waals surface area contributed by atoms with Gasteiger partial charge in [0, 0.05) is 48.0 Å². The summed E-state index contributed by atoms with van der Waals surface area (Å²) in [6, 6.07) is 11.5. The van der Waals surface area contributed by atoms with E-state index in [-0.39, 0.29) is 12.3 Å². The maximum atomic E-state index is 13.0. The molecule has 0 amide bonds. The Kier molecular flexibility index (Phi) is 6.55. The van der Waals surface area contributed by atoms with Crippen LogP contribution in [0.1, 0.15) is 29.2 Å². The lowest BCUT2D eigenvalue weighted by atomic mass is 9.94. The van der Waals surface area contributed by atoms with Gasteiger partial charge in [-0.3, -0.25) is 9.79 Å². The Labute approximate surface area is 204 Å². The minimum Gasteiger partial charge on any atom is -0.386 e. The minimum atomic E-state index is -0.796. The van der Waals surface area contributed by atoms with Crippen molar-refractivity contribution in [3.8, 4) is 0 Å². The molecule has 3 aliphatic rings. The molecular formula is C27H28ClN3O3. The predicted molar refractivity (Wildman–Crippen MR) is 136 cm³/mol. The Morgan fingerprint density at radius 1 is 1.24 bits per heavy atom. The number of allylic oxidation sites excluding steroid dienone is 4. The van der Waals surface area contributed by atoms with E-state index in [2.05, 4.69) is 34.3 Å². The quantitative estimate of drug-likeness (QED) is 0.638. The van der Waals surface area contributed by atoms with Crippen molar-refractivity contribution in [2.75, 3.05) is 43.1 Å². The summed E-state index contributed by atoms with van der Waals surface area (Å²) in [6.45, 7) is 5.50. The number of aliphatic hydroxyl groups is 1. The SMILES string of the molecule is Cc1cc(N2CCOCC2)cc2c1NC(=C1C(=O)CC=CC1=NC[C@@H](O)c1cccc(Cl)c1)C2. The molecule has 5 rings (SSSR count). The molecule has 1 saturated heterocycles. The number of aliphatic imine (C=N–C) groups is 1. The molecule has 2 heterocycles. The zero-order valence-electron chi connectivity index (χ0n) is 19.2. The summed E-state index contributed by atoms with van der Waals surface area (Å²) in [5, 5.41) is 14.7. The summed E-state index contributed by atoms with van der Waals surface area (Å²) in [7, 11) is 0. The number of nitrogens with one attached hydrogen (secondary N) is 1. The number of carbonyl (C=O) groups is 1. The molecule has 6 nitrogen and oxygen atoms in total. The number of rotatable bonds is 4. The average Bonchev–Trinajstić information content (AvgIpc) is 3.27. The highest BCUT2D eigenvalue weighted by atomic mass is 35.5. The fraction of sp³-hybridized carbons (Fsp3) is 0.333. The first-order valence-corrected chi connectivity index (χ1v) is 12.0. The first kappa shape index (κ1) is 22.8. The second kappa shape index (κ2) is 9.74. The lowest BCUT2D eigenvalue weighted by Gasteiger charge is -2.29. The minimum absolute atomic E-state index is 0.0415. The second-order valence-electron chi connectivity index (χ2n) is 8.88. The van der Waals surface area contributed by atoms with Gasteiger partial charge in [0.25, 0.3) is 0 Å². The highest BCUT2D eigenvalue weighted by molar-refractivity contribution is 6.30. The summed E-state index contributed by atoms with van der Waals surface area (Å²) in [5.74, 6) is 0.0415. The van der Waals surface area contributed by atoms with E-state index in [0.29, 0.717) is 34.7 Å². The summed E-state index contributed by atoms with van der Waals surface area (Å²) in [5.41, 5.74) is 7.41. The maximum absolute atomic E-state index is 13.0. The van der Waals surface area contributed by atoms with Crippen molar-refractivity contribution in [2.45, 2.75) is 25.9 Å². The lowest BCUT2D eigenvalue weighted by molar-refractivity contribution is -0.114. The largest absolute Gasteiger partial charge is 0.386 e. The van der Waals surface area contributed by atoms with Crippen molar-refractivity contribution < 1.29 is 14.6 Å². The topological polar surface area (TPSA) is 74.2 Å². The Morgan fingerprint density at radius 2 is 2.06 bits per heavy atom. The van der Waals surface area contributed by atoms with E-state index < -0.39 is 6.10 Å². The van der Waals surface area contributed by atoms with Gasteiger partial charge in [-0.15, -0.1) is 0 Å². The van der Waals surface area contributed by atoms with E-state index in [1.165, 1.54) is 11.3 Å². The highest BCUT2D eigenvalue weighted by Crippen LogP contribution is 2.37. The summed E-state index contributed by atoms with van der Waals surface area (Å²) in [6.07, 6.45) is 3.92. The number of Topliss-reactive ketones (excluding diaryl/α,β-unsaturated/α-hetero) is 1. The third-order valence-corrected chi connectivity index (χ3v) is 6.74. The van der Waals surface area contributed by atoms with Gasteiger partial charge in [0.15, 0.2) is 5.78 Å². The Morgan fingerprint density at radius 3 is 2.85 bits per heavy atom. The van der Waals surface area contributed by atoms with Gasteiger partial charge >= 0.3 is 0 Å². The molecule has 1 aliphatic carbocycles. The number of aliphatic hydroxyl groups excluding tert-OH is 1. The number of hydrogen-bond acceptors (Lipinski definition) is 6. The second-order valence-corrected chi connectivity index (χ2v) is 9.31. The molecular weight excluding hydrogens is 450 g/mol.